The lowest BCUT2D eigenvalue weighted by atomic mass is 9.88. The predicted molar refractivity (Wildman–Crippen MR) is 108 cm³/mol. The Hall–Kier alpha value is -2.11. The summed E-state index contributed by atoms with van der Waals surface area (Å²) in [6.07, 6.45) is 4.40. The maximum atomic E-state index is 12.7. The first-order valence-electron chi connectivity index (χ1n) is 9.25. The summed E-state index contributed by atoms with van der Waals surface area (Å²) < 4.78 is 1.82. The number of rotatable bonds is 4. The molecule has 2 aromatic rings. The molecule has 1 aliphatic heterocycles. The molecule has 1 fully saturated rings. The maximum Gasteiger partial charge on any atom is 0.246 e. The second-order valence-corrected chi connectivity index (χ2v) is 7.71. The van der Waals surface area contributed by atoms with Crippen LogP contribution < -0.4 is 0 Å². The molecule has 0 saturated carbocycles. The molecule has 6 heteroatoms. The first-order valence-corrected chi connectivity index (χ1v) is 9.62. The number of piperidine rings is 1. The van der Waals surface area contributed by atoms with Crippen LogP contribution in [0.3, 0.4) is 0 Å². The van der Waals surface area contributed by atoms with E-state index >= 15 is 0 Å². The van der Waals surface area contributed by atoms with Crippen molar-refractivity contribution in [2.45, 2.75) is 32.8 Å². The number of hydrogen-bond donors (Lipinski definition) is 1. The van der Waals surface area contributed by atoms with E-state index in [-0.39, 0.29) is 11.8 Å². The van der Waals surface area contributed by atoms with Gasteiger partial charge in [-0.2, -0.15) is 5.10 Å². The average molecular weight is 388 g/mol. The molecule has 1 N–H and O–H groups in total. The lowest BCUT2D eigenvalue weighted by Crippen LogP contribution is -2.46. The molecule has 5 nitrogen and oxygen atoms in total. The van der Waals surface area contributed by atoms with E-state index in [4.69, 9.17) is 11.6 Å². The number of carbonyl (C=O) groups excluding carboxylic acids is 1. The minimum Gasteiger partial charge on any atom is -0.393 e. The molecule has 1 aromatic heterocycles. The summed E-state index contributed by atoms with van der Waals surface area (Å²) in [5, 5.41) is 15.4. The Balaban J connectivity index is 1.66. The van der Waals surface area contributed by atoms with Crippen LogP contribution in [-0.4, -0.2) is 44.9 Å². The molecule has 2 heterocycles. The van der Waals surface area contributed by atoms with Crippen LogP contribution in [0.2, 0.25) is 5.02 Å². The van der Waals surface area contributed by atoms with E-state index in [1.54, 1.807) is 6.08 Å². The van der Waals surface area contributed by atoms with E-state index in [0.29, 0.717) is 24.5 Å². The van der Waals surface area contributed by atoms with Crippen molar-refractivity contribution < 1.29 is 9.90 Å². The molecule has 3 rings (SSSR count). The van der Waals surface area contributed by atoms with Crippen molar-refractivity contribution in [3.63, 3.8) is 0 Å². The molecule has 27 heavy (non-hydrogen) atoms. The van der Waals surface area contributed by atoms with E-state index < -0.39 is 6.10 Å². The Labute approximate surface area is 165 Å². The lowest BCUT2D eigenvalue weighted by molar-refractivity contribution is -0.129. The minimum atomic E-state index is -0.392. The molecule has 0 spiro atoms. The van der Waals surface area contributed by atoms with Crippen LogP contribution in [0, 0.1) is 19.8 Å². The molecule has 0 aliphatic carbocycles. The monoisotopic (exact) mass is 387 g/mol. The van der Waals surface area contributed by atoms with Gasteiger partial charge < -0.3 is 10.0 Å². The lowest BCUT2D eigenvalue weighted by Gasteiger charge is -2.36. The van der Waals surface area contributed by atoms with Crippen LogP contribution in [0.15, 0.2) is 30.3 Å². The summed E-state index contributed by atoms with van der Waals surface area (Å²) in [5.41, 5.74) is 4.05. The van der Waals surface area contributed by atoms with Gasteiger partial charge in [-0.15, -0.1) is 0 Å². The number of benzene rings is 1. The summed E-state index contributed by atoms with van der Waals surface area (Å²) >= 11 is 5.94. The number of aryl methyl sites for hydroxylation is 2. The number of halogens is 1. The van der Waals surface area contributed by atoms with Gasteiger partial charge in [-0.05, 0) is 50.5 Å². The highest BCUT2D eigenvalue weighted by molar-refractivity contribution is 6.30. The van der Waals surface area contributed by atoms with E-state index in [1.165, 1.54) is 0 Å². The van der Waals surface area contributed by atoms with E-state index in [1.807, 2.05) is 60.8 Å². The van der Waals surface area contributed by atoms with E-state index in [9.17, 15) is 9.90 Å². The topological polar surface area (TPSA) is 58.4 Å². The second kappa shape index (κ2) is 8.28. The van der Waals surface area contributed by atoms with Crippen LogP contribution >= 0.6 is 11.6 Å². The summed E-state index contributed by atoms with van der Waals surface area (Å²) in [5.74, 6) is 0.00444. The molecule has 1 saturated heterocycles. The molecule has 0 radical (unpaired) electrons. The second-order valence-electron chi connectivity index (χ2n) is 7.27. The number of nitrogens with zero attached hydrogens (tertiary/aromatic N) is 3. The third-order valence-corrected chi connectivity index (χ3v) is 5.63. The number of likely N-dealkylation sites (tertiary alicyclic amines) is 1. The molecule has 144 valence electrons. The van der Waals surface area contributed by atoms with Crippen molar-refractivity contribution in [2.75, 3.05) is 13.1 Å². The summed E-state index contributed by atoms with van der Waals surface area (Å²) in [6, 6.07) is 7.67. The number of hydrogen-bond acceptors (Lipinski definition) is 3. The number of amides is 1. The standard InChI is InChI=1S/C21H26ClN3O2/c1-14-19(15(2)24(3)23-14)8-9-21(27)25-11-10-20(26)17(13-25)12-16-4-6-18(22)7-5-16/h4-9,17,20,26H,10-13H2,1-3H3/b9-8+/t17-,20-/m1/s1. The van der Waals surface area contributed by atoms with Crippen molar-refractivity contribution >= 4 is 23.6 Å². The molecule has 2 atom stereocenters. The van der Waals surface area contributed by atoms with Crippen LogP contribution in [0.1, 0.15) is 28.9 Å². The predicted octanol–water partition coefficient (Wildman–Crippen LogP) is 3.16. The van der Waals surface area contributed by atoms with Gasteiger partial charge in [-0.3, -0.25) is 9.48 Å². The highest BCUT2D eigenvalue weighted by atomic mass is 35.5. The SMILES string of the molecule is Cc1nn(C)c(C)c1/C=C/C(=O)N1CC[C@@H](O)[C@H](Cc2ccc(Cl)cc2)C1. The smallest absolute Gasteiger partial charge is 0.246 e. The molecule has 0 unspecified atom stereocenters. The van der Waals surface area contributed by atoms with Crippen LogP contribution in [0.25, 0.3) is 6.08 Å². The highest BCUT2D eigenvalue weighted by Crippen LogP contribution is 2.23. The average Bonchev–Trinajstić information content (AvgIpc) is 2.88. The van der Waals surface area contributed by atoms with E-state index in [0.717, 1.165) is 28.9 Å². The zero-order valence-electron chi connectivity index (χ0n) is 16.0. The molecule has 0 bridgehead atoms. The van der Waals surface area contributed by atoms with Gasteiger partial charge >= 0.3 is 0 Å². The first-order chi connectivity index (χ1) is 12.8. The Bertz CT molecular complexity index is 842. The van der Waals surface area contributed by atoms with E-state index in [2.05, 4.69) is 5.10 Å². The Morgan fingerprint density at radius 3 is 2.67 bits per heavy atom. The summed E-state index contributed by atoms with van der Waals surface area (Å²) in [7, 11) is 1.90. The van der Waals surface area contributed by atoms with Gasteiger partial charge in [-0.1, -0.05) is 23.7 Å². The molecule has 1 amide bonds. The van der Waals surface area contributed by atoms with Gasteiger partial charge in [0.25, 0.3) is 0 Å². The van der Waals surface area contributed by atoms with Gasteiger partial charge in [0, 0.05) is 48.4 Å². The fraction of sp³-hybridized carbons (Fsp3) is 0.429. The van der Waals surface area contributed by atoms with Gasteiger partial charge in [0.2, 0.25) is 5.91 Å². The number of aliphatic hydroxyl groups excluding tert-OH is 1. The molecule has 1 aliphatic rings. The van der Waals surface area contributed by atoms with Gasteiger partial charge in [0.1, 0.15) is 0 Å². The number of aromatic nitrogens is 2. The molecular weight excluding hydrogens is 362 g/mol. The van der Waals surface area contributed by atoms with Crippen LogP contribution in [0.4, 0.5) is 0 Å². The Kier molecular flexibility index (Phi) is 6.02. The van der Waals surface area contributed by atoms with Crippen molar-refractivity contribution in [1.82, 2.24) is 14.7 Å². The zero-order valence-corrected chi connectivity index (χ0v) is 16.8. The Morgan fingerprint density at radius 2 is 2.04 bits per heavy atom. The fourth-order valence-corrected chi connectivity index (χ4v) is 3.76. The molecule has 1 aromatic carbocycles. The fourth-order valence-electron chi connectivity index (χ4n) is 3.64. The molecular formula is C21H26ClN3O2. The first kappa shape index (κ1) is 19.6. The highest BCUT2D eigenvalue weighted by Gasteiger charge is 2.29. The number of carbonyl (C=O) groups is 1. The number of aliphatic hydroxyl groups is 1. The minimum absolute atomic E-state index is 0.0225. The van der Waals surface area contributed by atoms with Crippen molar-refractivity contribution in [2.24, 2.45) is 13.0 Å². The quantitative estimate of drug-likeness (QED) is 0.820. The van der Waals surface area contributed by atoms with Gasteiger partial charge in [0.15, 0.2) is 0 Å². The Morgan fingerprint density at radius 1 is 1.33 bits per heavy atom. The third kappa shape index (κ3) is 4.60. The van der Waals surface area contributed by atoms with Gasteiger partial charge in [-0.25, -0.2) is 0 Å². The van der Waals surface area contributed by atoms with Crippen molar-refractivity contribution in [1.29, 1.82) is 0 Å². The third-order valence-electron chi connectivity index (χ3n) is 5.37. The summed E-state index contributed by atoms with van der Waals surface area (Å²) in [6.45, 7) is 5.06. The summed E-state index contributed by atoms with van der Waals surface area (Å²) in [4.78, 5) is 14.5. The largest absolute Gasteiger partial charge is 0.393 e. The zero-order chi connectivity index (χ0) is 19.6. The maximum absolute atomic E-state index is 12.7. The van der Waals surface area contributed by atoms with Gasteiger partial charge in [0.05, 0.1) is 11.8 Å². The van der Waals surface area contributed by atoms with Crippen molar-refractivity contribution in [3.8, 4) is 0 Å². The van der Waals surface area contributed by atoms with Crippen LogP contribution in [-0.2, 0) is 18.3 Å². The van der Waals surface area contributed by atoms with Crippen LogP contribution in [0.5, 0.6) is 0 Å². The normalized spacial score (nSPS) is 20.4. The van der Waals surface area contributed by atoms with Crippen molar-refractivity contribution in [3.05, 3.63) is 57.9 Å².